The Bertz CT molecular complexity index is 609. The summed E-state index contributed by atoms with van der Waals surface area (Å²) in [5, 5.41) is 2.67. The largest absolute Gasteiger partial charge is 0.325 e. The van der Waals surface area contributed by atoms with Crippen LogP contribution in [-0.2, 0) is 4.79 Å². The van der Waals surface area contributed by atoms with Gasteiger partial charge in [0, 0.05) is 24.2 Å². The molecule has 2 aromatic rings. The van der Waals surface area contributed by atoms with Crippen molar-refractivity contribution in [3.05, 3.63) is 59.9 Å². The van der Waals surface area contributed by atoms with Crippen molar-refractivity contribution in [1.82, 2.24) is 4.98 Å². The summed E-state index contributed by atoms with van der Waals surface area (Å²) >= 11 is 0. The summed E-state index contributed by atoms with van der Waals surface area (Å²) in [5.74, 6) is 5.93. The fraction of sp³-hybridized carbons (Fsp3) is 0.0667. The first-order valence-electron chi connectivity index (χ1n) is 5.54. The van der Waals surface area contributed by atoms with Gasteiger partial charge in [0.05, 0.1) is 11.9 Å². The molecule has 0 saturated heterocycles. The second kappa shape index (κ2) is 5.65. The number of nitrogens with one attached hydrogen (secondary N) is 1. The van der Waals surface area contributed by atoms with E-state index >= 15 is 0 Å². The Morgan fingerprint density at radius 3 is 2.56 bits per heavy atom. The number of benzene rings is 1. The van der Waals surface area contributed by atoms with E-state index in [1.807, 2.05) is 30.3 Å². The number of amides is 1. The average molecular weight is 236 g/mol. The molecule has 2 rings (SSSR count). The zero-order chi connectivity index (χ0) is 12.8. The van der Waals surface area contributed by atoms with E-state index < -0.39 is 0 Å². The summed E-state index contributed by atoms with van der Waals surface area (Å²) in [5.41, 5.74) is 2.37. The smallest absolute Gasteiger partial charge is 0.221 e. The lowest BCUT2D eigenvalue weighted by atomic mass is 10.2. The lowest BCUT2D eigenvalue weighted by molar-refractivity contribution is -0.114. The molecule has 0 bridgehead atoms. The van der Waals surface area contributed by atoms with Gasteiger partial charge in [0.25, 0.3) is 0 Å². The summed E-state index contributed by atoms with van der Waals surface area (Å²) in [6, 6.07) is 11.5. The molecule has 0 fully saturated rings. The number of hydrogen-bond acceptors (Lipinski definition) is 2. The molecular formula is C15H12N2O. The Morgan fingerprint density at radius 2 is 1.83 bits per heavy atom. The minimum atomic E-state index is -0.120. The molecule has 0 radical (unpaired) electrons. The van der Waals surface area contributed by atoms with Crippen molar-refractivity contribution in [1.29, 1.82) is 0 Å². The lowest BCUT2D eigenvalue weighted by Crippen LogP contribution is -2.05. The number of hydrogen-bond donors (Lipinski definition) is 1. The average Bonchev–Trinajstić information content (AvgIpc) is 2.37. The quantitative estimate of drug-likeness (QED) is 0.773. The third kappa shape index (κ3) is 3.46. The van der Waals surface area contributed by atoms with Gasteiger partial charge in [-0.25, -0.2) is 0 Å². The van der Waals surface area contributed by atoms with Crippen molar-refractivity contribution in [2.24, 2.45) is 0 Å². The molecule has 1 amide bonds. The minimum absolute atomic E-state index is 0.120. The van der Waals surface area contributed by atoms with Gasteiger partial charge in [-0.05, 0) is 18.2 Å². The van der Waals surface area contributed by atoms with Crippen LogP contribution in [0.25, 0.3) is 0 Å². The summed E-state index contributed by atoms with van der Waals surface area (Å²) < 4.78 is 0. The number of carbonyl (C=O) groups is 1. The molecule has 3 nitrogen and oxygen atoms in total. The van der Waals surface area contributed by atoms with Gasteiger partial charge >= 0.3 is 0 Å². The van der Waals surface area contributed by atoms with Crippen LogP contribution in [0.1, 0.15) is 18.1 Å². The number of carbonyl (C=O) groups excluding carboxylic acids is 1. The van der Waals surface area contributed by atoms with Crippen LogP contribution in [0.5, 0.6) is 0 Å². The summed E-state index contributed by atoms with van der Waals surface area (Å²) in [7, 11) is 0. The fourth-order valence-corrected chi connectivity index (χ4v) is 1.45. The second-order valence-electron chi connectivity index (χ2n) is 3.76. The molecule has 88 valence electrons. The van der Waals surface area contributed by atoms with E-state index in [9.17, 15) is 4.79 Å². The molecule has 1 N–H and O–H groups in total. The predicted octanol–water partition coefficient (Wildman–Crippen LogP) is 2.44. The molecule has 1 heterocycles. The van der Waals surface area contributed by atoms with E-state index in [0.717, 1.165) is 11.1 Å². The number of rotatable bonds is 1. The van der Waals surface area contributed by atoms with Crippen LogP contribution in [0.3, 0.4) is 0 Å². The molecule has 0 unspecified atom stereocenters. The van der Waals surface area contributed by atoms with Crippen molar-refractivity contribution < 1.29 is 4.79 Å². The van der Waals surface area contributed by atoms with Crippen LogP contribution >= 0.6 is 0 Å². The SMILES string of the molecule is CC(=O)Nc1cncc(C#Cc2ccccc2)c1. The van der Waals surface area contributed by atoms with Crippen LogP contribution in [0.15, 0.2) is 48.8 Å². The number of aromatic nitrogens is 1. The molecule has 0 atom stereocenters. The van der Waals surface area contributed by atoms with Crippen LogP contribution in [0.4, 0.5) is 5.69 Å². The van der Waals surface area contributed by atoms with Gasteiger partial charge in [-0.15, -0.1) is 0 Å². The maximum atomic E-state index is 10.9. The van der Waals surface area contributed by atoms with Crippen molar-refractivity contribution in [3.8, 4) is 11.8 Å². The Balaban J connectivity index is 2.20. The van der Waals surface area contributed by atoms with Gasteiger partial charge in [0.2, 0.25) is 5.91 Å². The van der Waals surface area contributed by atoms with Gasteiger partial charge in [0.1, 0.15) is 0 Å². The van der Waals surface area contributed by atoms with Gasteiger partial charge in [0.15, 0.2) is 0 Å². The fourth-order valence-electron chi connectivity index (χ4n) is 1.45. The highest BCUT2D eigenvalue weighted by molar-refractivity contribution is 5.88. The third-order valence-corrected chi connectivity index (χ3v) is 2.18. The zero-order valence-electron chi connectivity index (χ0n) is 9.97. The van der Waals surface area contributed by atoms with Crippen LogP contribution in [0, 0.1) is 11.8 Å². The van der Waals surface area contributed by atoms with E-state index in [2.05, 4.69) is 22.1 Å². The van der Waals surface area contributed by atoms with E-state index in [-0.39, 0.29) is 5.91 Å². The summed E-state index contributed by atoms with van der Waals surface area (Å²) in [6.45, 7) is 1.46. The van der Waals surface area contributed by atoms with Crippen molar-refractivity contribution >= 4 is 11.6 Å². The van der Waals surface area contributed by atoms with Crippen LogP contribution in [0.2, 0.25) is 0 Å². The molecule has 1 aromatic heterocycles. The van der Waals surface area contributed by atoms with Gasteiger partial charge in [-0.3, -0.25) is 9.78 Å². The Hall–Kier alpha value is -2.60. The van der Waals surface area contributed by atoms with E-state index in [0.29, 0.717) is 5.69 Å². The molecule has 0 aliphatic carbocycles. The Morgan fingerprint density at radius 1 is 1.11 bits per heavy atom. The first-order chi connectivity index (χ1) is 8.74. The Kier molecular flexibility index (Phi) is 3.72. The normalized spacial score (nSPS) is 9.17. The third-order valence-electron chi connectivity index (χ3n) is 2.18. The monoisotopic (exact) mass is 236 g/mol. The molecular weight excluding hydrogens is 224 g/mol. The molecule has 1 aromatic carbocycles. The molecule has 18 heavy (non-hydrogen) atoms. The maximum absolute atomic E-state index is 10.9. The molecule has 0 aliphatic heterocycles. The predicted molar refractivity (Wildman–Crippen MR) is 71.0 cm³/mol. The first-order valence-corrected chi connectivity index (χ1v) is 5.54. The molecule has 3 heteroatoms. The Labute approximate surface area is 106 Å². The van der Waals surface area contributed by atoms with Gasteiger partial charge < -0.3 is 5.32 Å². The minimum Gasteiger partial charge on any atom is -0.325 e. The van der Waals surface area contributed by atoms with E-state index in [1.165, 1.54) is 6.92 Å². The molecule has 0 saturated carbocycles. The summed E-state index contributed by atoms with van der Waals surface area (Å²) in [6.07, 6.45) is 3.26. The number of nitrogens with zero attached hydrogens (tertiary/aromatic N) is 1. The topological polar surface area (TPSA) is 42.0 Å². The van der Waals surface area contributed by atoms with Crippen molar-refractivity contribution in [2.45, 2.75) is 6.92 Å². The zero-order valence-corrected chi connectivity index (χ0v) is 9.97. The van der Waals surface area contributed by atoms with E-state index in [1.54, 1.807) is 18.5 Å². The van der Waals surface area contributed by atoms with Crippen LogP contribution < -0.4 is 5.32 Å². The van der Waals surface area contributed by atoms with Crippen LogP contribution in [-0.4, -0.2) is 10.9 Å². The summed E-state index contributed by atoms with van der Waals surface area (Å²) in [4.78, 5) is 15.0. The van der Waals surface area contributed by atoms with Gasteiger partial charge in [-0.2, -0.15) is 0 Å². The number of anilines is 1. The van der Waals surface area contributed by atoms with E-state index in [4.69, 9.17) is 0 Å². The maximum Gasteiger partial charge on any atom is 0.221 e. The van der Waals surface area contributed by atoms with Crippen molar-refractivity contribution in [2.75, 3.05) is 5.32 Å². The standard InChI is InChI=1S/C15H12N2O/c1-12(18)17-15-9-14(10-16-11-15)8-7-13-5-3-2-4-6-13/h2-6,9-11H,1H3,(H,17,18). The van der Waals surface area contributed by atoms with Crippen molar-refractivity contribution in [3.63, 3.8) is 0 Å². The van der Waals surface area contributed by atoms with Gasteiger partial charge in [-0.1, -0.05) is 30.0 Å². The highest BCUT2D eigenvalue weighted by Crippen LogP contribution is 2.07. The number of pyridine rings is 1. The second-order valence-corrected chi connectivity index (χ2v) is 3.76. The highest BCUT2D eigenvalue weighted by Gasteiger charge is 1.96. The molecule has 0 aliphatic rings. The lowest BCUT2D eigenvalue weighted by Gasteiger charge is -2.00. The molecule has 0 spiro atoms. The highest BCUT2D eigenvalue weighted by atomic mass is 16.1. The first kappa shape index (κ1) is 11.9.